The third-order valence-electron chi connectivity index (χ3n) is 3.42. The van der Waals surface area contributed by atoms with Crippen LogP contribution in [0.4, 0.5) is 4.39 Å². The van der Waals surface area contributed by atoms with Gasteiger partial charge in [-0.2, -0.15) is 5.10 Å². The average Bonchev–Trinajstić information content (AvgIpc) is 2.88. The van der Waals surface area contributed by atoms with Crippen LogP contribution in [-0.2, 0) is 9.47 Å². The van der Waals surface area contributed by atoms with Crippen LogP contribution in [0.1, 0.15) is 18.8 Å². The minimum absolute atomic E-state index is 0.187. The van der Waals surface area contributed by atoms with Crippen molar-refractivity contribution in [2.75, 3.05) is 0 Å². The second-order valence-corrected chi connectivity index (χ2v) is 4.88. The summed E-state index contributed by atoms with van der Waals surface area (Å²) in [6, 6.07) is 8.08. The van der Waals surface area contributed by atoms with Gasteiger partial charge in [-0.15, -0.1) is 0 Å². The second-order valence-electron chi connectivity index (χ2n) is 4.88. The molecule has 4 rings (SSSR count). The van der Waals surface area contributed by atoms with Gasteiger partial charge in [-0.25, -0.2) is 9.07 Å². The van der Waals surface area contributed by atoms with Gasteiger partial charge >= 0.3 is 0 Å². The molecule has 0 unspecified atom stereocenters. The third kappa shape index (κ3) is 2.09. The quantitative estimate of drug-likeness (QED) is 0.726. The van der Waals surface area contributed by atoms with E-state index >= 15 is 0 Å². The van der Waals surface area contributed by atoms with Crippen LogP contribution >= 0.6 is 0 Å². The highest BCUT2D eigenvalue weighted by atomic mass is 19.1. The number of halogens is 1. The van der Waals surface area contributed by atoms with Gasteiger partial charge in [-0.3, -0.25) is 4.98 Å². The Hall–Kier alpha value is -2.31. The summed E-state index contributed by atoms with van der Waals surface area (Å²) >= 11 is 0. The fourth-order valence-electron chi connectivity index (χ4n) is 2.36. The highest BCUT2D eigenvalue weighted by molar-refractivity contribution is 5.76. The first kappa shape index (κ1) is 12.4. The van der Waals surface area contributed by atoms with E-state index in [0.29, 0.717) is 0 Å². The molecular formula is C15H12FN3O2. The summed E-state index contributed by atoms with van der Waals surface area (Å²) in [6.07, 6.45) is 2.82. The van der Waals surface area contributed by atoms with Crippen molar-refractivity contribution in [2.24, 2.45) is 0 Å². The molecule has 0 saturated carbocycles. The van der Waals surface area contributed by atoms with Crippen LogP contribution in [0.2, 0.25) is 0 Å². The fraction of sp³-hybridized carbons (Fsp3) is 0.200. The smallest absolute Gasteiger partial charge is 0.191 e. The molecule has 3 aromatic rings. The van der Waals surface area contributed by atoms with Crippen LogP contribution < -0.4 is 0 Å². The molecule has 1 saturated heterocycles. The molecule has 0 aliphatic carbocycles. The van der Waals surface area contributed by atoms with Gasteiger partial charge in [0.05, 0.1) is 17.4 Å². The standard InChI is InChI=1S/C15H12FN3O2/c1-9-20-15(21-9)10-6-14-13(17-7-10)8-18-19(14)12-4-2-11(16)3-5-12/h2-9,15H,1H3. The number of hydrogen-bond donors (Lipinski definition) is 0. The highest BCUT2D eigenvalue weighted by Gasteiger charge is 2.29. The Labute approximate surface area is 119 Å². The number of pyridine rings is 1. The second kappa shape index (κ2) is 4.61. The number of aromatic nitrogens is 3. The lowest BCUT2D eigenvalue weighted by atomic mass is 10.2. The predicted molar refractivity (Wildman–Crippen MR) is 73.2 cm³/mol. The zero-order chi connectivity index (χ0) is 14.4. The minimum Gasteiger partial charge on any atom is -0.319 e. The molecular weight excluding hydrogens is 273 g/mol. The van der Waals surface area contributed by atoms with Gasteiger partial charge in [0.15, 0.2) is 12.6 Å². The van der Waals surface area contributed by atoms with E-state index in [0.717, 1.165) is 22.3 Å². The maximum absolute atomic E-state index is 13.0. The lowest BCUT2D eigenvalue weighted by molar-refractivity contribution is -0.382. The van der Waals surface area contributed by atoms with Gasteiger partial charge in [0.1, 0.15) is 11.3 Å². The molecule has 1 aliphatic rings. The largest absolute Gasteiger partial charge is 0.319 e. The van der Waals surface area contributed by atoms with Gasteiger partial charge in [0.25, 0.3) is 0 Å². The van der Waals surface area contributed by atoms with E-state index < -0.39 is 0 Å². The predicted octanol–water partition coefficient (Wildman–Crippen LogP) is 2.95. The van der Waals surface area contributed by atoms with Crippen molar-refractivity contribution in [3.8, 4) is 5.69 Å². The number of benzene rings is 1. The van der Waals surface area contributed by atoms with Crippen molar-refractivity contribution in [3.63, 3.8) is 0 Å². The van der Waals surface area contributed by atoms with Gasteiger partial charge in [0, 0.05) is 11.8 Å². The van der Waals surface area contributed by atoms with Crippen molar-refractivity contribution in [1.29, 1.82) is 0 Å². The summed E-state index contributed by atoms with van der Waals surface area (Å²) in [6.45, 7) is 1.84. The van der Waals surface area contributed by atoms with E-state index in [1.807, 2.05) is 13.0 Å². The lowest BCUT2D eigenvalue weighted by Crippen LogP contribution is -2.31. The third-order valence-corrected chi connectivity index (χ3v) is 3.42. The van der Waals surface area contributed by atoms with Gasteiger partial charge in [-0.05, 0) is 37.3 Å². The normalized spacial score (nSPS) is 21.4. The number of rotatable bonds is 2. The first-order valence-electron chi connectivity index (χ1n) is 6.61. The molecule has 5 nitrogen and oxygen atoms in total. The SMILES string of the molecule is CC1OC(c2cnc3cnn(-c4ccc(F)cc4)c3c2)O1. The van der Waals surface area contributed by atoms with Crippen molar-refractivity contribution in [1.82, 2.24) is 14.8 Å². The number of nitrogens with zero attached hydrogens (tertiary/aromatic N) is 3. The van der Waals surface area contributed by atoms with Gasteiger partial charge in [-0.1, -0.05) is 0 Å². The summed E-state index contributed by atoms with van der Waals surface area (Å²) < 4.78 is 25.7. The van der Waals surface area contributed by atoms with Gasteiger partial charge < -0.3 is 9.47 Å². The van der Waals surface area contributed by atoms with Crippen molar-refractivity contribution < 1.29 is 13.9 Å². The summed E-state index contributed by atoms with van der Waals surface area (Å²) in [5, 5.41) is 4.30. The Bertz CT molecular complexity index is 794. The molecule has 0 bridgehead atoms. The summed E-state index contributed by atoms with van der Waals surface area (Å²) in [5.74, 6) is -0.278. The first-order valence-corrected chi connectivity index (χ1v) is 6.61. The number of ether oxygens (including phenoxy) is 2. The molecule has 21 heavy (non-hydrogen) atoms. The highest BCUT2D eigenvalue weighted by Crippen LogP contribution is 2.32. The average molecular weight is 285 g/mol. The molecule has 0 spiro atoms. The summed E-state index contributed by atoms with van der Waals surface area (Å²) in [7, 11) is 0. The maximum atomic E-state index is 13.0. The van der Waals surface area contributed by atoms with E-state index in [-0.39, 0.29) is 18.4 Å². The van der Waals surface area contributed by atoms with Crippen LogP contribution in [0.25, 0.3) is 16.7 Å². The Kier molecular flexibility index (Phi) is 2.73. The monoisotopic (exact) mass is 285 g/mol. The molecule has 0 amide bonds. The molecule has 2 aromatic heterocycles. The molecule has 1 aliphatic heterocycles. The number of fused-ring (bicyclic) bond motifs is 1. The minimum atomic E-state index is -0.381. The zero-order valence-corrected chi connectivity index (χ0v) is 11.2. The topological polar surface area (TPSA) is 49.2 Å². The van der Waals surface area contributed by atoms with Crippen LogP contribution in [0.15, 0.2) is 42.7 Å². The van der Waals surface area contributed by atoms with Crippen LogP contribution in [0.3, 0.4) is 0 Å². The first-order chi connectivity index (χ1) is 10.2. The maximum Gasteiger partial charge on any atom is 0.191 e. The van der Waals surface area contributed by atoms with Crippen LogP contribution in [0.5, 0.6) is 0 Å². The van der Waals surface area contributed by atoms with Crippen molar-refractivity contribution >= 4 is 11.0 Å². The zero-order valence-electron chi connectivity index (χ0n) is 11.2. The van der Waals surface area contributed by atoms with E-state index in [9.17, 15) is 4.39 Å². The summed E-state index contributed by atoms with van der Waals surface area (Å²) in [5.41, 5.74) is 3.19. The Balaban J connectivity index is 1.78. The molecule has 106 valence electrons. The molecule has 1 aromatic carbocycles. The van der Waals surface area contributed by atoms with E-state index in [1.54, 1.807) is 29.2 Å². The van der Waals surface area contributed by atoms with Crippen molar-refractivity contribution in [3.05, 3.63) is 54.1 Å². The molecule has 0 N–H and O–H groups in total. The molecule has 1 fully saturated rings. The fourth-order valence-corrected chi connectivity index (χ4v) is 2.36. The summed E-state index contributed by atoms with van der Waals surface area (Å²) in [4.78, 5) is 4.36. The van der Waals surface area contributed by atoms with Crippen LogP contribution in [-0.4, -0.2) is 21.1 Å². The molecule has 0 atom stereocenters. The number of hydrogen-bond acceptors (Lipinski definition) is 4. The van der Waals surface area contributed by atoms with Gasteiger partial charge in [0.2, 0.25) is 0 Å². The van der Waals surface area contributed by atoms with Crippen LogP contribution in [0, 0.1) is 5.82 Å². The van der Waals surface area contributed by atoms with E-state index in [1.165, 1.54) is 12.1 Å². The molecule has 3 heterocycles. The van der Waals surface area contributed by atoms with E-state index in [4.69, 9.17) is 9.47 Å². The lowest BCUT2D eigenvalue weighted by Gasteiger charge is -2.33. The van der Waals surface area contributed by atoms with E-state index in [2.05, 4.69) is 10.1 Å². The Morgan fingerprint density at radius 1 is 1.14 bits per heavy atom. The Morgan fingerprint density at radius 3 is 2.62 bits per heavy atom. The Morgan fingerprint density at radius 2 is 1.90 bits per heavy atom. The molecule has 0 radical (unpaired) electrons. The van der Waals surface area contributed by atoms with Crippen molar-refractivity contribution in [2.45, 2.75) is 19.5 Å². The molecule has 6 heteroatoms.